The summed E-state index contributed by atoms with van der Waals surface area (Å²) in [6.45, 7) is 5.74. The van der Waals surface area contributed by atoms with Crippen molar-refractivity contribution in [3.63, 3.8) is 0 Å². The molecule has 0 spiro atoms. The summed E-state index contributed by atoms with van der Waals surface area (Å²) in [7, 11) is 0. The molecule has 3 nitrogen and oxygen atoms in total. The van der Waals surface area contributed by atoms with Crippen LogP contribution in [0, 0.1) is 25.2 Å². The van der Waals surface area contributed by atoms with Crippen LogP contribution in [0.3, 0.4) is 0 Å². The molecule has 1 atom stereocenters. The third kappa shape index (κ3) is 1.84. The maximum absolute atomic E-state index is 8.54. The predicted molar refractivity (Wildman–Crippen MR) is 51.7 cm³/mol. The average Bonchev–Trinajstić information content (AvgIpc) is 2.33. The van der Waals surface area contributed by atoms with Gasteiger partial charge in [-0.25, -0.2) is 0 Å². The lowest BCUT2D eigenvalue weighted by atomic mass is 10.2. The number of hydrogen-bond acceptors (Lipinski definition) is 2. The monoisotopic (exact) mass is 197 g/mol. The molecule has 0 saturated heterocycles. The Bertz CT molecular complexity index is 348. The summed E-state index contributed by atoms with van der Waals surface area (Å²) in [5.74, 6) is 0. The Hall–Kier alpha value is -1.01. The van der Waals surface area contributed by atoms with Gasteiger partial charge in [0.25, 0.3) is 0 Å². The number of rotatable bonds is 2. The number of halogens is 1. The van der Waals surface area contributed by atoms with Gasteiger partial charge in [-0.1, -0.05) is 11.6 Å². The number of hydrogen-bond donors (Lipinski definition) is 0. The average molecular weight is 198 g/mol. The quantitative estimate of drug-likeness (QED) is 0.732. The van der Waals surface area contributed by atoms with Crippen molar-refractivity contribution in [3.8, 4) is 6.07 Å². The van der Waals surface area contributed by atoms with E-state index in [-0.39, 0.29) is 6.04 Å². The highest BCUT2D eigenvalue weighted by Gasteiger charge is 2.13. The molecule has 1 aromatic rings. The highest BCUT2D eigenvalue weighted by Crippen LogP contribution is 2.22. The van der Waals surface area contributed by atoms with Gasteiger partial charge in [0.05, 0.1) is 34.9 Å². The standard InChI is InChI=1S/C9H12ClN3/c1-6(4-5-11)13-8(3)9(10)7(2)12-13/h6H,4H2,1-3H3/t6-/m1/s1. The highest BCUT2D eigenvalue weighted by molar-refractivity contribution is 6.31. The van der Waals surface area contributed by atoms with Crippen molar-refractivity contribution >= 4 is 11.6 Å². The van der Waals surface area contributed by atoms with Gasteiger partial charge in [0.2, 0.25) is 0 Å². The summed E-state index contributed by atoms with van der Waals surface area (Å²) < 4.78 is 1.81. The molecule has 0 aliphatic rings. The number of aromatic nitrogens is 2. The van der Waals surface area contributed by atoms with Crippen LogP contribution in [-0.2, 0) is 0 Å². The van der Waals surface area contributed by atoms with Crippen molar-refractivity contribution in [2.75, 3.05) is 0 Å². The molecule has 0 fully saturated rings. The second-order valence-electron chi connectivity index (χ2n) is 3.14. The lowest BCUT2D eigenvalue weighted by molar-refractivity contribution is 0.486. The van der Waals surface area contributed by atoms with Crippen LogP contribution in [0.1, 0.15) is 30.8 Å². The molecular formula is C9H12ClN3. The first-order valence-corrected chi connectivity index (χ1v) is 4.54. The summed E-state index contributed by atoms with van der Waals surface area (Å²) in [6.07, 6.45) is 0.457. The van der Waals surface area contributed by atoms with Crippen molar-refractivity contribution in [2.45, 2.75) is 33.2 Å². The van der Waals surface area contributed by atoms with Crippen molar-refractivity contribution < 1.29 is 0 Å². The zero-order valence-corrected chi connectivity index (χ0v) is 8.76. The third-order valence-electron chi connectivity index (χ3n) is 2.04. The van der Waals surface area contributed by atoms with Gasteiger partial charge in [-0.05, 0) is 20.8 Å². The molecule has 0 bridgehead atoms. The Morgan fingerprint density at radius 3 is 2.62 bits per heavy atom. The second kappa shape index (κ2) is 3.80. The summed E-state index contributed by atoms with van der Waals surface area (Å²) in [4.78, 5) is 0. The first kappa shape index (κ1) is 10.1. The molecule has 0 radical (unpaired) electrons. The van der Waals surface area contributed by atoms with Gasteiger partial charge in [-0.3, -0.25) is 4.68 Å². The minimum absolute atomic E-state index is 0.0937. The summed E-state index contributed by atoms with van der Waals surface area (Å²) in [5, 5.41) is 13.5. The fourth-order valence-corrected chi connectivity index (χ4v) is 1.41. The molecular weight excluding hydrogens is 186 g/mol. The van der Waals surface area contributed by atoms with E-state index in [0.717, 1.165) is 11.4 Å². The number of aryl methyl sites for hydroxylation is 1. The molecule has 70 valence electrons. The Kier molecular flexibility index (Phi) is 2.94. The SMILES string of the molecule is Cc1nn([C@H](C)CC#N)c(C)c1Cl. The molecule has 1 rings (SSSR count). The van der Waals surface area contributed by atoms with Gasteiger partial charge in [-0.2, -0.15) is 10.4 Å². The Morgan fingerprint density at radius 2 is 2.23 bits per heavy atom. The molecule has 4 heteroatoms. The third-order valence-corrected chi connectivity index (χ3v) is 2.59. The maximum atomic E-state index is 8.54. The molecule has 0 saturated carbocycles. The second-order valence-corrected chi connectivity index (χ2v) is 3.52. The van der Waals surface area contributed by atoms with E-state index in [4.69, 9.17) is 16.9 Å². The largest absolute Gasteiger partial charge is 0.264 e. The Balaban J connectivity index is 3.02. The van der Waals surface area contributed by atoms with Crippen LogP contribution in [0.15, 0.2) is 0 Å². The van der Waals surface area contributed by atoms with Crippen LogP contribution < -0.4 is 0 Å². The van der Waals surface area contributed by atoms with Crippen molar-refractivity contribution in [3.05, 3.63) is 16.4 Å². The smallest absolute Gasteiger partial charge is 0.0844 e. The Labute approximate surface area is 82.9 Å². The first-order chi connectivity index (χ1) is 6.07. The first-order valence-electron chi connectivity index (χ1n) is 4.16. The highest BCUT2D eigenvalue weighted by atomic mass is 35.5. The maximum Gasteiger partial charge on any atom is 0.0844 e. The van der Waals surface area contributed by atoms with Crippen LogP contribution >= 0.6 is 11.6 Å². The zero-order chi connectivity index (χ0) is 10.0. The predicted octanol–water partition coefficient (Wildman–Crippen LogP) is 2.63. The number of nitriles is 1. The molecule has 0 unspecified atom stereocenters. The van der Waals surface area contributed by atoms with E-state index >= 15 is 0 Å². The summed E-state index contributed by atoms with van der Waals surface area (Å²) in [5.41, 5.74) is 1.76. The molecule has 0 N–H and O–H groups in total. The summed E-state index contributed by atoms with van der Waals surface area (Å²) >= 11 is 5.98. The minimum Gasteiger partial charge on any atom is -0.264 e. The van der Waals surface area contributed by atoms with Crippen molar-refractivity contribution in [1.29, 1.82) is 5.26 Å². The molecule has 0 aliphatic carbocycles. The van der Waals surface area contributed by atoms with Gasteiger partial charge < -0.3 is 0 Å². The Morgan fingerprint density at radius 1 is 1.62 bits per heavy atom. The van der Waals surface area contributed by atoms with Gasteiger partial charge in [0, 0.05) is 0 Å². The van der Waals surface area contributed by atoms with Gasteiger partial charge >= 0.3 is 0 Å². The van der Waals surface area contributed by atoms with Crippen molar-refractivity contribution in [1.82, 2.24) is 9.78 Å². The van der Waals surface area contributed by atoms with Gasteiger partial charge in [-0.15, -0.1) is 0 Å². The van der Waals surface area contributed by atoms with Gasteiger partial charge in [0.1, 0.15) is 0 Å². The van der Waals surface area contributed by atoms with E-state index in [9.17, 15) is 0 Å². The van der Waals surface area contributed by atoms with Crippen LogP contribution in [0.4, 0.5) is 0 Å². The normalized spacial score (nSPS) is 12.5. The number of nitrogens with zero attached hydrogens (tertiary/aromatic N) is 3. The van der Waals surface area contributed by atoms with Crippen LogP contribution in [0.25, 0.3) is 0 Å². The fraction of sp³-hybridized carbons (Fsp3) is 0.556. The zero-order valence-electron chi connectivity index (χ0n) is 8.00. The fourth-order valence-electron chi connectivity index (χ4n) is 1.29. The molecule has 0 aromatic carbocycles. The molecule has 1 heterocycles. The van der Waals surface area contributed by atoms with E-state index in [1.165, 1.54) is 0 Å². The van der Waals surface area contributed by atoms with Crippen LogP contribution in [-0.4, -0.2) is 9.78 Å². The van der Waals surface area contributed by atoms with E-state index < -0.39 is 0 Å². The topological polar surface area (TPSA) is 41.6 Å². The van der Waals surface area contributed by atoms with E-state index in [2.05, 4.69) is 11.2 Å². The van der Waals surface area contributed by atoms with Crippen LogP contribution in [0.2, 0.25) is 5.02 Å². The van der Waals surface area contributed by atoms with E-state index in [0.29, 0.717) is 11.4 Å². The lowest BCUT2D eigenvalue weighted by Gasteiger charge is -2.09. The lowest BCUT2D eigenvalue weighted by Crippen LogP contribution is -2.08. The van der Waals surface area contributed by atoms with Crippen molar-refractivity contribution in [2.24, 2.45) is 0 Å². The molecule has 13 heavy (non-hydrogen) atoms. The minimum atomic E-state index is 0.0937. The van der Waals surface area contributed by atoms with Gasteiger partial charge in [0.15, 0.2) is 0 Å². The molecule has 0 aliphatic heterocycles. The van der Waals surface area contributed by atoms with E-state index in [1.807, 2.05) is 20.8 Å². The summed E-state index contributed by atoms with van der Waals surface area (Å²) in [6, 6.07) is 2.21. The van der Waals surface area contributed by atoms with E-state index in [1.54, 1.807) is 4.68 Å². The van der Waals surface area contributed by atoms with Crippen LogP contribution in [0.5, 0.6) is 0 Å². The molecule has 1 aromatic heterocycles. The molecule has 0 amide bonds.